The van der Waals surface area contributed by atoms with Gasteiger partial charge in [0.25, 0.3) is 5.91 Å². The number of nitrogens with one attached hydrogen (secondary N) is 1. The first-order chi connectivity index (χ1) is 16.6. The molecule has 5 fully saturated rings. The second-order valence-electron chi connectivity index (χ2n) is 14.4. The monoisotopic (exact) mass is 477 g/mol. The zero-order valence-corrected chi connectivity index (χ0v) is 22.5. The van der Waals surface area contributed by atoms with E-state index in [-0.39, 0.29) is 23.0 Å². The number of hydrogen-bond acceptors (Lipinski definition) is 2. The molecule has 35 heavy (non-hydrogen) atoms. The lowest BCUT2D eigenvalue weighted by Gasteiger charge is -2.69. The zero-order valence-electron chi connectivity index (χ0n) is 22.5. The molecule has 1 amide bonds. The number of hydrogen-bond donors (Lipinski definition) is 2. The summed E-state index contributed by atoms with van der Waals surface area (Å²) in [6, 6.07) is 9.84. The van der Waals surface area contributed by atoms with Gasteiger partial charge in [0.05, 0.1) is 6.10 Å². The van der Waals surface area contributed by atoms with Gasteiger partial charge in [-0.25, -0.2) is 0 Å². The Morgan fingerprint density at radius 2 is 1.54 bits per heavy atom. The summed E-state index contributed by atoms with van der Waals surface area (Å²) in [4.78, 5) is 13.3. The van der Waals surface area contributed by atoms with Crippen molar-refractivity contribution >= 4 is 5.91 Å². The van der Waals surface area contributed by atoms with Crippen LogP contribution in [-0.2, 0) is 0 Å². The van der Waals surface area contributed by atoms with Gasteiger partial charge in [-0.1, -0.05) is 52.3 Å². The number of amides is 1. The van der Waals surface area contributed by atoms with Crippen molar-refractivity contribution in [3.05, 3.63) is 35.9 Å². The molecule has 0 radical (unpaired) electrons. The average Bonchev–Trinajstić information content (AvgIpc) is 3.26. The van der Waals surface area contributed by atoms with E-state index < -0.39 is 0 Å². The average molecular weight is 478 g/mol. The van der Waals surface area contributed by atoms with E-state index in [1.165, 1.54) is 51.4 Å². The number of rotatable bonds is 2. The molecule has 2 N–H and O–H groups in total. The Bertz CT molecular complexity index is 973. The predicted molar refractivity (Wildman–Crippen MR) is 141 cm³/mol. The molecule has 1 aromatic rings. The fraction of sp³-hybridized carbons (Fsp3) is 0.781. The van der Waals surface area contributed by atoms with E-state index in [2.05, 4.69) is 33.0 Å². The van der Waals surface area contributed by atoms with Crippen LogP contribution in [0.4, 0.5) is 0 Å². The molecule has 1 aromatic carbocycles. The van der Waals surface area contributed by atoms with Gasteiger partial charge in [-0.2, -0.15) is 0 Å². The molecule has 9 atom stereocenters. The van der Waals surface area contributed by atoms with E-state index in [1.54, 1.807) is 0 Å². The first-order valence-electron chi connectivity index (χ1n) is 14.7. The molecule has 5 saturated carbocycles. The maximum absolute atomic E-state index is 13.3. The van der Waals surface area contributed by atoms with Crippen LogP contribution in [0.25, 0.3) is 0 Å². The van der Waals surface area contributed by atoms with Crippen LogP contribution >= 0.6 is 0 Å². The molecule has 5 aliphatic rings. The van der Waals surface area contributed by atoms with Crippen LogP contribution < -0.4 is 5.32 Å². The predicted octanol–water partition coefficient (Wildman–Crippen LogP) is 7.00. The highest BCUT2D eigenvalue weighted by atomic mass is 16.3. The molecule has 9 unspecified atom stereocenters. The highest BCUT2D eigenvalue weighted by Crippen LogP contribution is 2.72. The Labute approximate surface area is 212 Å². The van der Waals surface area contributed by atoms with Gasteiger partial charge in [0.15, 0.2) is 0 Å². The molecule has 0 heterocycles. The van der Waals surface area contributed by atoms with Gasteiger partial charge in [-0.3, -0.25) is 4.79 Å². The number of carbonyl (C=O) groups is 1. The molecule has 0 spiro atoms. The van der Waals surface area contributed by atoms with E-state index in [9.17, 15) is 9.90 Å². The van der Waals surface area contributed by atoms with Crippen LogP contribution in [0.1, 0.15) is 109 Å². The van der Waals surface area contributed by atoms with E-state index >= 15 is 0 Å². The standard InChI is InChI=1S/C32H47NO2/c1-29(2)25-15-18-30(3)23-14-20-32(33-28(35)21-9-6-5-7-10-21)17-8-11-24(32)22(23)12-13-26(30)31(25,4)19-16-27(29)34/h5-7,9-10,22-27,34H,8,11-20H2,1-4H3,(H,33,35). The van der Waals surface area contributed by atoms with Crippen LogP contribution in [0.2, 0.25) is 0 Å². The summed E-state index contributed by atoms with van der Waals surface area (Å²) in [6.45, 7) is 9.96. The van der Waals surface area contributed by atoms with Crippen molar-refractivity contribution in [3.8, 4) is 0 Å². The third kappa shape index (κ3) is 3.35. The molecule has 192 valence electrons. The number of carbonyl (C=O) groups excluding carboxylic acids is 1. The summed E-state index contributed by atoms with van der Waals surface area (Å²) < 4.78 is 0. The maximum Gasteiger partial charge on any atom is 0.251 e. The summed E-state index contributed by atoms with van der Waals surface area (Å²) in [7, 11) is 0. The van der Waals surface area contributed by atoms with Crippen LogP contribution in [0.5, 0.6) is 0 Å². The van der Waals surface area contributed by atoms with E-state index in [1.807, 2.05) is 30.3 Å². The van der Waals surface area contributed by atoms with Gasteiger partial charge in [0.2, 0.25) is 0 Å². The van der Waals surface area contributed by atoms with Crippen molar-refractivity contribution in [3.63, 3.8) is 0 Å². The van der Waals surface area contributed by atoms with Crippen molar-refractivity contribution in [2.45, 2.75) is 110 Å². The van der Waals surface area contributed by atoms with Gasteiger partial charge < -0.3 is 10.4 Å². The molecular weight excluding hydrogens is 430 g/mol. The zero-order chi connectivity index (χ0) is 24.6. The number of fused-ring (bicyclic) bond motifs is 7. The summed E-state index contributed by atoms with van der Waals surface area (Å²) in [6.07, 6.45) is 13.4. The van der Waals surface area contributed by atoms with Crippen molar-refractivity contribution in [2.24, 2.45) is 45.8 Å². The summed E-state index contributed by atoms with van der Waals surface area (Å²) in [5.74, 6) is 3.72. The highest BCUT2D eigenvalue weighted by molar-refractivity contribution is 5.94. The van der Waals surface area contributed by atoms with E-state index in [4.69, 9.17) is 0 Å². The third-order valence-corrected chi connectivity index (χ3v) is 12.9. The second kappa shape index (κ2) is 8.07. The number of benzene rings is 1. The molecule has 0 bridgehead atoms. The molecular formula is C32H47NO2. The van der Waals surface area contributed by atoms with Crippen molar-refractivity contribution in [1.29, 1.82) is 0 Å². The van der Waals surface area contributed by atoms with Gasteiger partial charge in [0, 0.05) is 11.1 Å². The lowest BCUT2D eigenvalue weighted by molar-refractivity contribution is -0.211. The Morgan fingerprint density at radius 1 is 0.800 bits per heavy atom. The smallest absolute Gasteiger partial charge is 0.251 e. The minimum absolute atomic E-state index is 0.00926. The minimum Gasteiger partial charge on any atom is -0.393 e. The van der Waals surface area contributed by atoms with Crippen molar-refractivity contribution < 1.29 is 9.90 Å². The summed E-state index contributed by atoms with van der Waals surface area (Å²) in [5.41, 5.74) is 1.60. The van der Waals surface area contributed by atoms with Crippen LogP contribution in [0, 0.1) is 45.8 Å². The highest BCUT2D eigenvalue weighted by Gasteiger charge is 2.66. The quantitative estimate of drug-likeness (QED) is 0.482. The van der Waals surface area contributed by atoms with Gasteiger partial charge in [-0.05, 0) is 122 Å². The van der Waals surface area contributed by atoms with E-state index in [0.717, 1.165) is 42.6 Å². The fourth-order valence-corrected chi connectivity index (χ4v) is 11.3. The molecule has 3 nitrogen and oxygen atoms in total. The topological polar surface area (TPSA) is 49.3 Å². The van der Waals surface area contributed by atoms with Crippen molar-refractivity contribution in [2.75, 3.05) is 0 Å². The van der Waals surface area contributed by atoms with Gasteiger partial charge >= 0.3 is 0 Å². The molecule has 0 saturated heterocycles. The summed E-state index contributed by atoms with van der Waals surface area (Å²) >= 11 is 0. The first-order valence-corrected chi connectivity index (χ1v) is 14.7. The van der Waals surface area contributed by atoms with E-state index in [0.29, 0.717) is 22.7 Å². The molecule has 0 aromatic heterocycles. The lowest BCUT2D eigenvalue weighted by Crippen LogP contribution is -2.65. The molecule has 3 heteroatoms. The Balaban J connectivity index is 1.27. The van der Waals surface area contributed by atoms with Gasteiger partial charge in [0.1, 0.15) is 0 Å². The maximum atomic E-state index is 13.3. The molecule has 6 rings (SSSR count). The molecule has 5 aliphatic carbocycles. The fourth-order valence-electron chi connectivity index (χ4n) is 11.3. The van der Waals surface area contributed by atoms with Gasteiger partial charge in [-0.15, -0.1) is 0 Å². The largest absolute Gasteiger partial charge is 0.393 e. The van der Waals surface area contributed by atoms with Crippen LogP contribution in [0.15, 0.2) is 30.3 Å². The number of aliphatic hydroxyl groups excluding tert-OH is 1. The number of aliphatic hydroxyl groups is 1. The molecule has 0 aliphatic heterocycles. The lowest BCUT2D eigenvalue weighted by atomic mass is 9.36. The summed E-state index contributed by atoms with van der Waals surface area (Å²) in [5, 5.41) is 14.5. The third-order valence-electron chi connectivity index (χ3n) is 12.9. The SMILES string of the molecule is CC1(C)C(O)CCC2(C)C1CCC1(C)C3CCC4(NC(=O)c5ccccc5)CCCC4C3CCC12. The van der Waals surface area contributed by atoms with Crippen LogP contribution in [0.3, 0.4) is 0 Å². The first kappa shape index (κ1) is 24.0. The minimum atomic E-state index is -0.150. The Kier molecular flexibility index (Phi) is 5.54. The van der Waals surface area contributed by atoms with Crippen molar-refractivity contribution in [1.82, 2.24) is 5.32 Å². The van der Waals surface area contributed by atoms with Crippen LogP contribution in [-0.4, -0.2) is 22.7 Å². The Hall–Kier alpha value is -1.35. The second-order valence-corrected chi connectivity index (χ2v) is 14.4. The Morgan fingerprint density at radius 3 is 2.31 bits per heavy atom. The normalized spacial score (nSPS) is 48.1.